The summed E-state index contributed by atoms with van der Waals surface area (Å²) in [6.07, 6.45) is -0.201. The second kappa shape index (κ2) is 27.5. The first-order valence-corrected chi connectivity index (χ1v) is 11.3. The fraction of sp³-hybridized carbons (Fsp3) is 0.385. The van der Waals surface area contributed by atoms with Gasteiger partial charge in [-0.15, -0.1) is 0 Å². The molecule has 0 saturated carbocycles. The van der Waals surface area contributed by atoms with Crippen LogP contribution < -0.4 is 0 Å². The van der Waals surface area contributed by atoms with Crippen LogP contribution in [-0.4, -0.2) is 30.4 Å². The smallest absolute Gasteiger partial charge is 0 e. The summed E-state index contributed by atoms with van der Waals surface area (Å²) in [6, 6.07) is 10.1. The van der Waals surface area contributed by atoms with Crippen molar-refractivity contribution >= 4 is 19.5 Å². The maximum Gasteiger partial charge on any atom is 0 e. The Morgan fingerprint density at radius 3 is 1.69 bits per heavy atom. The molecule has 2 unspecified atom stereocenters. The van der Waals surface area contributed by atoms with Gasteiger partial charge in [0.25, 0.3) is 0 Å². The average molecular weight is 596 g/mol. The summed E-state index contributed by atoms with van der Waals surface area (Å²) in [6.45, 7) is 36.0. The molecular formula is C26H29MoO8P. The van der Waals surface area contributed by atoms with Crippen LogP contribution in [0.25, 0.3) is 5.57 Å². The maximum absolute atomic E-state index is 12.9. The summed E-state index contributed by atoms with van der Waals surface area (Å²) < 4.78 is 49.0. The number of rotatable bonds is 5. The Morgan fingerprint density at radius 2 is 1.33 bits per heavy atom. The predicted octanol–water partition coefficient (Wildman–Crippen LogP) is 5.37. The molecule has 0 aromatic heterocycles. The third-order valence-electron chi connectivity index (χ3n) is 4.11. The molecule has 2 atom stereocenters. The minimum absolute atomic E-state index is 0. The van der Waals surface area contributed by atoms with E-state index in [1.165, 1.54) is 5.57 Å². The number of esters is 1. The van der Waals surface area contributed by atoms with Gasteiger partial charge in [-0.3, -0.25) is 0 Å². The second-order valence-corrected chi connectivity index (χ2v) is 9.89. The van der Waals surface area contributed by atoms with E-state index >= 15 is 0 Å². The fourth-order valence-corrected chi connectivity index (χ4v) is 5.54. The van der Waals surface area contributed by atoms with Crippen molar-refractivity contribution in [2.75, 3.05) is 13.2 Å². The average Bonchev–Trinajstić information content (AvgIpc) is 2.91. The fourth-order valence-electron chi connectivity index (χ4n) is 3.04. The van der Waals surface area contributed by atoms with Gasteiger partial charge in [0, 0.05) is 33.2 Å². The molecule has 1 aromatic rings. The quantitative estimate of drug-likeness (QED) is 0.149. The van der Waals surface area contributed by atoms with Gasteiger partial charge in [-0.05, 0) is 45.0 Å². The monoisotopic (exact) mass is 598 g/mol. The zero-order valence-corrected chi connectivity index (χ0v) is 24.0. The van der Waals surface area contributed by atoms with Crippen LogP contribution in [0.1, 0.15) is 47.1 Å². The van der Waals surface area contributed by atoms with Gasteiger partial charge in [-0.1, -0.05) is 56.9 Å². The summed E-state index contributed by atoms with van der Waals surface area (Å²) in [5.41, 5.74) is 3.19. The van der Waals surface area contributed by atoms with Gasteiger partial charge < -0.3 is 9.47 Å². The normalized spacial score (nSPS) is 14.9. The second-order valence-electron chi connectivity index (χ2n) is 7.10. The number of hydrogen-bond donors (Lipinski definition) is 0. The van der Waals surface area contributed by atoms with E-state index in [1.807, 2.05) is 32.0 Å². The van der Waals surface area contributed by atoms with Crippen LogP contribution in [-0.2, 0) is 58.6 Å². The van der Waals surface area contributed by atoms with Crippen molar-refractivity contribution in [1.29, 1.82) is 0 Å². The van der Waals surface area contributed by atoms with E-state index in [9.17, 15) is 4.79 Å². The molecule has 0 bridgehead atoms. The van der Waals surface area contributed by atoms with Gasteiger partial charge in [0.2, 0.25) is 0 Å². The third-order valence-corrected chi connectivity index (χ3v) is 7.13. The van der Waals surface area contributed by atoms with Gasteiger partial charge in [0.1, 0.15) is 6.10 Å². The molecule has 0 amide bonds. The van der Waals surface area contributed by atoms with Crippen LogP contribution in [0.2, 0.25) is 0 Å². The van der Waals surface area contributed by atoms with E-state index in [-0.39, 0.29) is 38.3 Å². The summed E-state index contributed by atoms with van der Waals surface area (Å²) in [7, 11) is -0.804. The van der Waals surface area contributed by atoms with Gasteiger partial charge >= 0.3 is 62.5 Å². The van der Waals surface area contributed by atoms with Crippen molar-refractivity contribution in [3.05, 3.63) is 85.9 Å². The molecule has 36 heavy (non-hydrogen) atoms. The standard InChI is InChI=1S/C21H29O3P.5CO.Mo/c1-7-23-18-15(3)14-25(21(4,5)6)19(20(22)24-8-2)17(18)16-12-10-9-11-13-16;5*1-2;/h9-14,18H,7-8H2,1-6H3;;;;;;. The summed E-state index contributed by atoms with van der Waals surface area (Å²) in [5, 5.41) is 0.759. The summed E-state index contributed by atoms with van der Waals surface area (Å²) >= 11 is 0. The van der Waals surface area contributed by atoms with E-state index in [1.54, 1.807) is 0 Å². The molecule has 1 heterocycles. The van der Waals surface area contributed by atoms with Gasteiger partial charge in [0.15, 0.2) is 0 Å². The molecule has 0 radical (unpaired) electrons. The Morgan fingerprint density at radius 1 is 0.889 bits per heavy atom. The third kappa shape index (κ3) is 14.5. The largest absolute Gasteiger partial charge is 0 e. The van der Waals surface area contributed by atoms with E-state index < -0.39 is 7.92 Å². The van der Waals surface area contributed by atoms with E-state index in [2.05, 4.69) is 78.9 Å². The predicted molar refractivity (Wildman–Crippen MR) is 125 cm³/mol. The molecule has 0 fully saturated rings. The molecule has 0 N–H and O–H groups in total. The molecule has 10 heteroatoms. The molecule has 8 nitrogen and oxygen atoms in total. The first kappa shape index (κ1) is 44.0. The Balaban J connectivity index is -0.000000259. The first-order valence-electron chi connectivity index (χ1n) is 9.89. The number of carbonyl (C=O) groups is 1. The molecule has 0 saturated heterocycles. The number of benzene rings is 1. The number of hydrogen-bond acceptors (Lipinski definition) is 3. The Labute approximate surface area is 229 Å². The van der Waals surface area contributed by atoms with Gasteiger partial charge in [0.05, 0.1) is 11.9 Å². The molecule has 1 aliphatic heterocycles. The van der Waals surface area contributed by atoms with Crippen molar-refractivity contribution in [2.24, 2.45) is 0 Å². The number of ether oxygens (including phenoxy) is 2. The zero-order valence-electron chi connectivity index (χ0n) is 21.1. The molecule has 1 aliphatic rings. The van der Waals surface area contributed by atoms with Gasteiger partial charge in [-0.25, -0.2) is 4.79 Å². The molecule has 192 valence electrons. The Bertz CT molecular complexity index is 856. The number of carbonyl (C=O) groups excluding carboxylic acids is 1. The van der Waals surface area contributed by atoms with Crippen molar-refractivity contribution in [3.63, 3.8) is 0 Å². The van der Waals surface area contributed by atoms with Crippen LogP contribution in [0.4, 0.5) is 0 Å². The van der Waals surface area contributed by atoms with Crippen molar-refractivity contribution in [1.82, 2.24) is 0 Å². The van der Waals surface area contributed by atoms with Crippen LogP contribution >= 0.6 is 7.92 Å². The molecule has 0 spiro atoms. The zero-order chi connectivity index (χ0) is 28.6. The molecule has 1 aromatic carbocycles. The molecular weight excluding hydrogens is 567 g/mol. The van der Waals surface area contributed by atoms with Crippen molar-refractivity contribution in [3.8, 4) is 0 Å². The topological polar surface area (TPSA) is 135 Å². The molecule has 0 aliphatic carbocycles. The first-order chi connectivity index (χ1) is 16.8. The van der Waals surface area contributed by atoms with Crippen LogP contribution in [0.15, 0.2) is 47.0 Å². The molecule has 2 rings (SSSR count). The van der Waals surface area contributed by atoms with Crippen LogP contribution in [0.3, 0.4) is 0 Å². The van der Waals surface area contributed by atoms with Crippen molar-refractivity contribution in [2.45, 2.75) is 52.8 Å². The van der Waals surface area contributed by atoms with E-state index in [4.69, 9.17) is 32.7 Å². The van der Waals surface area contributed by atoms with Crippen LogP contribution in [0.5, 0.6) is 0 Å². The van der Waals surface area contributed by atoms with Crippen LogP contribution in [0, 0.1) is 33.3 Å². The maximum atomic E-state index is 12.9. The minimum atomic E-state index is -0.804. The van der Waals surface area contributed by atoms with Crippen molar-refractivity contribution < 1.29 is 58.6 Å². The Kier molecular flexibility index (Phi) is 33.6. The summed E-state index contributed by atoms with van der Waals surface area (Å²) in [4.78, 5) is 12.9. The minimum Gasteiger partial charge on any atom is 0 e. The van der Waals surface area contributed by atoms with E-state index in [0.717, 1.165) is 16.5 Å². The summed E-state index contributed by atoms with van der Waals surface area (Å²) in [5.74, 6) is 2.03. The Hall–Kier alpha value is -2.05. The van der Waals surface area contributed by atoms with Gasteiger partial charge in [-0.2, -0.15) is 0 Å². The van der Waals surface area contributed by atoms with E-state index in [0.29, 0.717) is 13.2 Å². The SMILES string of the molecule is CCOC(=O)C1=C(c2ccccc2)C(OCC)C(C)=CP1C(C)(C)C.[C-]#[O+].[C-]#[O+].[C-]#[O+].[C-]#[O+].[C-]#[O+].[Mo].